The van der Waals surface area contributed by atoms with Gasteiger partial charge in [0.1, 0.15) is 6.33 Å². The number of hydrogen-bond donors (Lipinski definition) is 0. The molecule has 0 atom stereocenters. The van der Waals surface area contributed by atoms with Crippen LogP contribution < -0.4 is 0 Å². The monoisotopic (exact) mass is 359 g/mol. The van der Waals surface area contributed by atoms with Gasteiger partial charge >= 0.3 is 0 Å². The summed E-state index contributed by atoms with van der Waals surface area (Å²) in [6.07, 6.45) is 1.69. The molecule has 0 fully saturated rings. The van der Waals surface area contributed by atoms with Crippen molar-refractivity contribution in [2.24, 2.45) is 0 Å². The fraction of sp³-hybridized carbons (Fsp3) is 0.412. The Kier molecular flexibility index (Phi) is 5.83. The van der Waals surface area contributed by atoms with E-state index in [0.29, 0.717) is 36.5 Å². The van der Waals surface area contributed by atoms with Crippen LogP contribution >= 0.6 is 11.8 Å². The first-order chi connectivity index (χ1) is 12.2. The van der Waals surface area contributed by atoms with Crippen LogP contribution in [0.1, 0.15) is 31.2 Å². The molecule has 0 aliphatic heterocycles. The van der Waals surface area contributed by atoms with E-state index in [-0.39, 0.29) is 0 Å². The third kappa shape index (κ3) is 4.46. The molecule has 1 aromatic carbocycles. The topological polar surface area (TPSA) is 78.9 Å². The average Bonchev–Trinajstić information content (AvgIpc) is 3.27. The standard InChI is InChI=1S/C17H21N5O2S/c1-12(2)13-4-6-14(7-5-13)16-19-15(24-21-16)10-25-17-20-18-11-22(17)8-9-23-3/h4-7,11-12H,8-10H2,1-3H3. The molecular weight excluding hydrogens is 338 g/mol. The van der Waals surface area contributed by atoms with Crippen LogP contribution in [0, 0.1) is 0 Å². The Labute approximate surface area is 150 Å². The summed E-state index contributed by atoms with van der Waals surface area (Å²) in [6, 6.07) is 8.25. The second-order valence-corrected chi connectivity index (χ2v) is 6.82. The van der Waals surface area contributed by atoms with E-state index in [2.05, 4.69) is 46.3 Å². The molecule has 0 saturated carbocycles. The summed E-state index contributed by atoms with van der Waals surface area (Å²) in [4.78, 5) is 4.47. The number of hydrogen-bond acceptors (Lipinski definition) is 7. The Morgan fingerprint density at radius 2 is 2.04 bits per heavy atom. The number of benzene rings is 1. The highest BCUT2D eigenvalue weighted by Crippen LogP contribution is 2.23. The first-order valence-corrected chi connectivity index (χ1v) is 9.08. The van der Waals surface area contributed by atoms with Crippen molar-refractivity contribution in [1.29, 1.82) is 0 Å². The summed E-state index contributed by atoms with van der Waals surface area (Å²) < 4.78 is 12.4. The molecule has 2 heterocycles. The van der Waals surface area contributed by atoms with E-state index in [9.17, 15) is 0 Å². The van der Waals surface area contributed by atoms with Gasteiger partial charge in [0.15, 0.2) is 5.16 Å². The van der Waals surface area contributed by atoms with Gasteiger partial charge in [-0.3, -0.25) is 0 Å². The van der Waals surface area contributed by atoms with Crippen LogP contribution in [-0.4, -0.2) is 38.6 Å². The Hall–Kier alpha value is -2.19. The van der Waals surface area contributed by atoms with Crippen molar-refractivity contribution in [2.75, 3.05) is 13.7 Å². The van der Waals surface area contributed by atoms with E-state index < -0.39 is 0 Å². The quantitative estimate of drug-likeness (QED) is 0.570. The summed E-state index contributed by atoms with van der Waals surface area (Å²) in [5.41, 5.74) is 2.24. The minimum absolute atomic E-state index is 0.502. The Morgan fingerprint density at radius 1 is 1.24 bits per heavy atom. The smallest absolute Gasteiger partial charge is 0.237 e. The van der Waals surface area contributed by atoms with Gasteiger partial charge in [-0.05, 0) is 11.5 Å². The highest BCUT2D eigenvalue weighted by Gasteiger charge is 2.12. The van der Waals surface area contributed by atoms with Crippen molar-refractivity contribution in [3.63, 3.8) is 0 Å². The third-order valence-electron chi connectivity index (χ3n) is 3.74. The summed E-state index contributed by atoms with van der Waals surface area (Å²) >= 11 is 1.51. The van der Waals surface area contributed by atoms with E-state index in [1.54, 1.807) is 13.4 Å². The zero-order valence-electron chi connectivity index (χ0n) is 14.5. The Balaban J connectivity index is 1.63. The lowest BCUT2D eigenvalue weighted by Crippen LogP contribution is -2.04. The first kappa shape index (κ1) is 17.6. The lowest BCUT2D eigenvalue weighted by Gasteiger charge is -2.04. The second-order valence-electron chi connectivity index (χ2n) is 5.88. The highest BCUT2D eigenvalue weighted by atomic mass is 32.2. The molecule has 0 N–H and O–H groups in total. The lowest BCUT2D eigenvalue weighted by molar-refractivity contribution is 0.184. The van der Waals surface area contributed by atoms with Crippen LogP contribution in [-0.2, 0) is 17.0 Å². The van der Waals surface area contributed by atoms with E-state index in [1.807, 2.05) is 16.7 Å². The van der Waals surface area contributed by atoms with Crippen LogP contribution in [0.2, 0.25) is 0 Å². The highest BCUT2D eigenvalue weighted by molar-refractivity contribution is 7.98. The van der Waals surface area contributed by atoms with Gasteiger partial charge in [-0.25, -0.2) is 0 Å². The number of thioether (sulfide) groups is 1. The van der Waals surface area contributed by atoms with Crippen LogP contribution in [0.25, 0.3) is 11.4 Å². The predicted octanol–water partition coefficient (Wildman–Crippen LogP) is 3.39. The van der Waals surface area contributed by atoms with Crippen molar-refractivity contribution in [2.45, 2.75) is 37.2 Å². The molecule has 3 rings (SSSR count). The minimum atomic E-state index is 0.502. The predicted molar refractivity (Wildman–Crippen MR) is 95.3 cm³/mol. The molecule has 2 aromatic heterocycles. The lowest BCUT2D eigenvalue weighted by atomic mass is 10.0. The van der Waals surface area contributed by atoms with Gasteiger partial charge in [0.2, 0.25) is 11.7 Å². The molecule has 0 radical (unpaired) electrons. The number of ether oxygens (including phenoxy) is 1. The maximum Gasteiger partial charge on any atom is 0.237 e. The van der Waals surface area contributed by atoms with Crippen LogP contribution in [0.4, 0.5) is 0 Å². The van der Waals surface area contributed by atoms with Gasteiger partial charge in [-0.1, -0.05) is 55.0 Å². The molecule has 25 heavy (non-hydrogen) atoms. The molecule has 7 nitrogen and oxygen atoms in total. The van der Waals surface area contributed by atoms with Gasteiger partial charge in [0, 0.05) is 19.2 Å². The van der Waals surface area contributed by atoms with Gasteiger partial charge in [-0.15, -0.1) is 10.2 Å². The average molecular weight is 359 g/mol. The maximum atomic E-state index is 5.35. The maximum absolute atomic E-state index is 5.35. The largest absolute Gasteiger partial charge is 0.383 e. The number of nitrogens with zero attached hydrogens (tertiary/aromatic N) is 5. The molecule has 0 amide bonds. The SMILES string of the molecule is COCCn1cnnc1SCc1nc(-c2ccc(C(C)C)cc2)no1. The normalized spacial score (nSPS) is 11.4. The molecule has 8 heteroatoms. The molecule has 0 unspecified atom stereocenters. The fourth-order valence-electron chi connectivity index (χ4n) is 2.27. The molecule has 132 valence electrons. The molecule has 0 aliphatic carbocycles. The van der Waals surface area contributed by atoms with E-state index >= 15 is 0 Å². The molecule has 0 aliphatic rings. The zero-order valence-corrected chi connectivity index (χ0v) is 15.4. The molecule has 0 bridgehead atoms. The summed E-state index contributed by atoms with van der Waals surface area (Å²) in [6.45, 7) is 5.67. The summed E-state index contributed by atoms with van der Waals surface area (Å²) in [5.74, 6) is 2.21. The van der Waals surface area contributed by atoms with Gasteiger partial charge in [0.05, 0.1) is 12.4 Å². The molecule has 0 saturated heterocycles. The van der Waals surface area contributed by atoms with Crippen LogP contribution in [0.15, 0.2) is 40.3 Å². The first-order valence-electron chi connectivity index (χ1n) is 8.10. The van der Waals surface area contributed by atoms with Crippen molar-refractivity contribution in [3.05, 3.63) is 42.0 Å². The van der Waals surface area contributed by atoms with Crippen LogP contribution in [0.3, 0.4) is 0 Å². The summed E-state index contributed by atoms with van der Waals surface area (Å²) in [5, 5.41) is 12.9. The van der Waals surface area contributed by atoms with E-state index in [0.717, 1.165) is 10.7 Å². The Morgan fingerprint density at radius 3 is 2.76 bits per heavy atom. The fourth-order valence-corrected chi connectivity index (χ4v) is 3.05. The third-order valence-corrected chi connectivity index (χ3v) is 4.71. The van der Waals surface area contributed by atoms with Gasteiger partial charge in [0.25, 0.3) is 0 Å². The van der Waals surface area contributed by atoms with Crippen molar-refractivity contribution in [3.8, 4) is 11.4 Å². The van der Waals surface area contributed by atoms with Crippen LogP contribution in [0.5, 0.6) is 0 Å². The molecular formula is C17H21N5O2S. The summed E-state index contributed by atoms with van der Waals surface area (Å²) in [7, 11) is 1.67. The van der Waals surface area contributed by atoms with Crippen molar-refractivity contribution >= 4 is 11.8 Å². The van der Waals surface area contributed by atoms with Gasteiger partial charge < -0.3 is 13.8 Å². The Bertz CT molecular complexity index is 797. The number of rotatable bonds is 8. The van der Waals surface area contributed by atoms with E-state index in [1.165, 1.54) is 17.3 Å². The van der Waals surface area contributed by atoms with Crippen molar-refractivity contribution in [1.82, 2.24) is 24.9 Å². The van der Waals surface area contributed by atoms with Crippen molar-refractivity contribution < 1.29 is 9.26 Å². The number of aromatic nitrogens is 5. The molecule has 0 spiro atoms. The second kappa shape index (κ2) is 8.26. The minimum Gasteiger partial charge on any atom is -0.383 e. The number of methoxy groups -OCH3 is 1. The van der Waals surface area contributed by atoms with E-state index in [4.69, 9.17) is 9.26 Å². The molecule has 3 aromatic rings. The zero-order chi connectivity index (χ0) is 17.6. The van der Waals surface area contributed by atoms with Gasteiger partial charge in [-0.2, -0.15) is 4.98 Å².